The van der Waals surface area contributed by atoms with Crippen molar-refractivity contribution < 1.29 is 4.74 Å². The maximum absolute atomic E-state index is 7.10. The van der Waals surface area contributed by atoms with Gasteiger partial charge in [0.05, 0.1) is 7.11 Å². The monoisotopic (exact) mass is 140 g/mol. The average molecular weight is 140 g/mol. The van der Waals surface area contributed by atoms with Crippen molar-refractivity contribution in [1.29, 1.82) is 5.41 Å². The number of hydrogen-bond acceptors (Lipinski definition) is 4. The molecule has 0 saturated carbocycles. The third kappa shape index (κ3) is 1.54. The molecule has 0 unspecified atom stereocenters. The molecular formula is C5H8N4O. The lowest BCUT2D eigenvalue weighted by Gasteiger charge is -1.99. The summed E-state index contributed by atoms with van der Waals surface area (Å²) in [5, 5.41) is 10.9. The van der Waals surface area contributed by atoms with Crippen molar-refractivity contribution in [2.45, 2.75) is 6.54 Å². The second-order valence-corrected chi connectivity index (χ2v) is 1.72. The molecule has 0 aliphatic rings. The number of hydrogen-bond donors (Lipinski definition) is 1. The van der Waals surface area contributed by atoms with Gasteiger partial charge in [0.15, 0.2) is 0 Å². The fourth-order valence-electron chi connectivity index (χ4n) is 0.526. The number of nitrogens with one attached hydrogen (secondary N) is 1. The standard InChI is InChI=1S/C5H8N4O/c1-10-5(6)2-9-4-7-3-8-9/h3-4,6H,2H2,1H3. The third-order valence-corrected chi connectivity index (χ3v) is 1.02. The Kier molecular flexibility index (Phi) is 1.99. The van der Waals surface area contributed by atoms with Crippen LogP contribution in [0, 0.1) is 5.41 Å². The zero-order valence-electron chi connectivity index (χ0n) is 5.61. The Morgan fingerprint density at radius 1 is 1.80 bits per heavy atom. The number of nitrogens with zero attached hydrogens (tertiary/aromatic N) is 3. The molecule has 0 aliphatic heterocycles. The lowest BCUT2D eigenvalue weighted by Crippen LogP contribution is -2.10. The van der Waals surface area contributed by atoms with Crippen molar-refractivity contribution in [1.82, 2.24) is 14.8 Å². The van der Waals surface area contributed by atoms with E-state index in [1.54, 1.807) is 0 Å². The summed E-state index contributed by atoms with van der Waals surface area (Å²) >= 11 is 0. The lowest BCUT2D eigenvalue weighted by molar-refractivity contribution is 0.377. The molecule has 0 spiro atoms. The highest BCUT2D eigenvalue weighted by molar-refractivity contribution is 5.71. The first kappa shape index (κ1) is 6.73. The molecule has 1 N–H and O–H groups in total. The molecule has 1 aromatic rings. The molecule has 5 heteroatoms. The Hall–Kier alpha value is -1.39. The molecule has 1 rings (SSSR count). The summed E-state index contributed by atoms with van der Waals surface area (Å²) in [6.45, 7) is 0.344. The van der Waals surface area contributed by atoms with Gasteiger partial charge in [-0.2, -0.15) is 5.10 Å². The molecule has 0 fully saturated rings. The van der Waals surface area contributed by atoms with Gasteiger partial charge in [-0.25, -0.2) is 9.67 Å². The maximum atomic E-state index is 7.10. The summed E-state index contributed by atoms with van der Waals surface area (Å²) < 4.78 is 6.14. The highest BCUT2D eigenvalue weighted by Crippen LogP contribution is 1.82. The molecule has 0 amide bonds. The first-order chi connectivity index (χ1) is 4.83. The van der Waals surface area contributed by atoms with Crippen LogP contribution < -0.4 is 0 Å². The molecule has 10 heavy (non-hydrogen) atoms. The number of aromatic nitrogens is 3. The molecule has 1 heterocycles. The van der Waals surface area contributed by atoms with E-state index < -0.39 is 0 Å². The van der Waals surface area contributed by atoms with Gasteiger partial charge in [0.1, 0.15) is 19.2 Å². The van der Waals surface area contributed by atoms with Gasteiger partial charge in [-0.1, -0.05) is 0 Å². The molecule has 0 aliphatic carbocycles. The van der Waals surface area contributed by atoms with Crippen LogP contribution in [0.25, 0.3) is 0 Å². The Balaban J connectivity index is 2.48. The van der Waals surface area contributed by atoms with Gasteiger partial charge in [0, 0.05) is 0 Å². The summed E-state index contributed by atoms with van der Waals surface area (Å²) in [5.74, 6) is 0.172. The van der Waals surface area contributed by atoms with E-state index in [9.17, 15) is 0 Å². The first-order valence-corrected chi connectivity index (χ1v) is 2.76. The minimum atomic E-state index is 0.172. The summed E-state index contributed by atoms with van der Waals surface area (Å²) in [7, 11) is 1.46. The fourth-order valence-corrected chi connectivity index (χ4v) is 0.526. The van der Waals surface area contributed by atoms with E-state index in [0.717, 1.165) is 0 Å². The van der Waals surface area contributed by atoms with E-state index in [-0.39, 0.29) is 5.90 Å². The van der Waals surface area contributed by atoms with E-state index in [2.05, 4.69) is 14.8 Å². The zero-order chi connectivity index (χ0) is 7.40. The topological polar surface area (TPSA) is 63.8 Å². The quantitative estimate of drug-likeness (QED) is 0.461. The number of methoxy groups -OCH3 is 1. The number of ether oxygens (including phenoxy) is 1. The normalized spacial score (nSPS) is 9.30. The largest absolute Gasteiger partial charge is 0.483 e. The van der Waals surface area contributed by atoms with Crippen molar-refractivity contribution in [2.75, 3.05) is 7.11 Å². The molecule has 1 aromatic heterocycles. The van der Waals surface area contributed by atoms with Gasteiger partial charge in [0.2, 0.25) is 5.90 Å². The number of rotatable bonds is 2. The van der Waals surface area contributed by atoms with Crippen molar-refractivity contribution in [3.8, 4) is 0 Å². The van der Waals surface area contributed by atoms with Crippen LogP contribution in [0.15, 0.2) is 12.7 Å². The molecule has 0 saturated heterocycles. The summed E-state index contributed by atoms with van der Waals surface area (Å²) in [6.07, 6.45) is 2.95. The minimum Gasteiger partial charge on any atom is -0.483 e. The Labute approximate surface area is 58.2 Å². The first-order valence-electron chi connectivity index (χ1n) is 2.76. The van der Waals surface area contributed by atoms with E-state index >= 15 is 0 Å². The Morgan fingerprint density at radius 3 is 3.10 bits per heavy atom. The highest BCUT2D eigenvalue weighted by Gasteiger charge is 1.95. The van der Waals surface area contributed by atoms with Gasteiger partial charge >= 0.3 is 0 Å². The smallest absolute Gasteiger partial charge is 0.202 e. The van der Waals surface area contributed by atoms with Crippen LogP contribution in [0.2, 0.25) is 0 Å². The van der Waals surface area contributed by atoms with Crippen LogP contribution >= 0.6 is 0 Å². The van der Waals surface area contributed by atoms with Crippen LogP contribution in [0.4, 0.5) is 0 Å². The molecule has 54 valence electrons. The predicted molar refractivity (Wildman–Crippen MR) is 34.8 cm³/mol. The fraction of sp³-hybridized carbons (Fsp3) is 0.400. The minimum absolute atomic E-state index is 0.172. The van der Waals surface area contributed by atoms with Crippen LogP contribution in [0.1, 0.15) is 0 Å². The highest BCUT2D eigenvalue weighted by atomic mass is 16.5. The third-order valence-electron chi connectivity index (χ3n) is 1.02. The zero-order valence-corrected chi connectivity index (χ0v) is 5.61. The van der Waals surface area contributed by atoms with Crippen molar-refractivity contribution in [3.63, 3.8) is 0 Å². The van der Waals surface area contributed by atoms with Crippen LogP contribution in [0.5, 0.6) is 0 Å². The van der Waals surface area contributed by atoms with Crippen molar-refractivity contribution in [3.05, 3.63) is 12.7 Å². The SMILES string of the molecule is COC(=N)Cn1cncn1. The van der Waals surface area contributed by atoms with E-state index in [4.69, 9.17) is 5.41 Å². The van der Waals surface area contributed by atoms with Crippen LogP contribution in [0.3, 0.4) is 0 Å². The van der Waals surface area contributed by atoms with Gasteiger partial charge in [-0.3, -0.25) is 5.41 Å². The van der Waals surface area contributed by atoms with Gasteiger partial charge < -0.3 is 4.74 Å². The van der Waals surface area contributed by atoms with Gasteiger partial charge in [0.25, 0.3) is 0 Å². The maximum Gasteiger partial charge on any atom is 0.202 e. The molecule has 0 aromatic carbocycles. The van der Waals surface area contributed by atoms with Crippen molar-refractivity contribution >= 4 is 5.90 Å². The molecule has 5 nitrogen and oxygen atoms in total. The molecule has 0 atom stereocenters. The Bertz CT molecular complexity index is 205. The Morgan fingerprint density at radius 2 is 2.60 bits per heavy atom. The van der Waals surface area contributed by atoms with E-state index in [0.29, 0.717) is 6.54 Å². The summed E-state index contributed by atoms with van der Waals surface area (Å²) in [4.78, 5) is 3.71. The second kappa shape index (κ2) is 2.95. The van der Waals surface area contributed by atoms with Gasteiger partial charge in [-0.05, 0) is 0 Å². The molecule has 0 radical (unpaired) electrons. The summed E-state index contributed by atoms with van der Waals surface area (Å²) in [6, 6.07) is 0. The van der Waals surface area contributed by atoms with E-state index in [1.807, 2.05) is 0 Å². The van der Waals surface area contributed by atoms with Crippen LogP contribution in [-0.2, 0) is 11.3 Å². The summed E-state index contributed by atoms with van der Waals surface area (Å²) in [5.41, 5.74) is 0. The van der Waals surface area contributed by atoms with Crippen LogP contribution in [-0.4, -0.2) is 27.8 Å². The average Bonchev–Trinajstić information content (AvgIpc) is 2.40. The lowest BCUT2D eigenvalue weighted by atomic mass is 10.6. The molecule has 0 bridgehead atoms. The van der Waals surface area contributed by atoms with E-state index in [1.165, 1.54) is 24.4 Å². The van der Waals surface area contributed by atoms with Crippen molar-refractivity contribution in [2.24, 2.45) is 0 Å². The molecular weight excluding hydrogens is 132 g/mol. The van der Waals surface area contributed by atoms with Gasteiger partial charge in [-0.15, -0.1) is 0 Å². The predicted octanol–water partition coefficient (Wildman–Crippen LogP) is -0.0982. The second-order valence-electron chi connectivity index (χ2n) is 1.72.